The number of H-pyrrole nitrogens is 1. The third-order valence-corrected chi connectivity index (χ3v) is 4.27. The number of carbonyl (C=O) groups excluding carboxylic acids is 3. The maximum Gasteiger partial charge on any atom is 0.305 e. The van der Waals surface area contributed by atoms with E-state index < -0.39 is 0 Å². The quantitative estimate of drug-likeness (QED) is 0.397. The van der Waals surface area contributed by atoms with Gasteiger partial charge in [0.25, 0.3) is 5.91 Å². The largest absolute Gasteiger partial charge is 0.469 e. The second-order valence-corrected chi connectivity index (χ2v) is 6.23. The van der Waals surface area contributed by atoms with Crippen molar-refractivity contribution in [3.8, 4) is 0 Å². The van der Waals surface area contributed by atoms with Gasteiger partial charge in [-0.3, -0.25) is 14.4 Å². The number of amides is 2. The molecule has 3 rings (SSSR count). The van der Waals surface area contributed by atoms with E-state index in [0.29, 0.717) is 42.6 Å². The zero-order valence-corrected chi connectivity index (χ0v) is 15.0. The van der Waals surface area contributed by atoms with Crippen LogP contribution >= 0.6 is 0 Å². The molecule has 0 unspecified atom stereocenters. The molecule has 1 aliphatic heterocycles. The van der Waals surface area contributed by atoms with Gasteiger partial charge in [0.2, 0.25) is 5.91 Å². The number of hydrogen-bond acceptors (Lipinski definition) is 4. The van der Waals surface area contributed by atoms with Gasteiger partial charge in [-0.1, -0.05) is 0 Å². The number of rotatable bonds is 7. The van der Waals surface area contributed by atoms with Crippen molar-refractivity contribution in [2.75, 3.05) is 17.7 Å². The van der Waals surface area contributed by atoms with E-state index in [-0.39, 0.29) is 17.8 Å². The molecule has 7 heteroatoms. The third kappa shape index (κ3) is 4.63. The molecule has 0 fully saturated rings. The van der Waals surface area contributed by atoms with Crippen LogP contribution in [0.15, 0.2) is 36.5 Å². The van der Waals surface area contributed by atoms with Gasteiger partial charge in [0, 0.05) is 41.7 Å². The van der Waals surface area contributed by atoms with Crippen LogP contribution in [0.2, 0.25) is 0 Å². The topological polar surface area (TPSA) is 100 Å². The van der Waals surface area contributed by atoms with E-state index in [1.165, 1.54) is 7.11 Å². The zero-order valence-electron chi connectivity index (χ0n) is 15.0. The highest BCUT2D eigenvalue weighted by molar-refractivity contribution is 6.35. The predicted octanol–water partition coefficient (Wildman–Crippen LogP) is 3.18. The molecule has 0 aliphatic carbocycles. The number of aromatic nitrogens is 1. The Kier molecular flexibility index (Phi) is 5.71. The number of hydrogen-bond donors (Lipinski definition) is 3. The van der Waals surface area contributed by atoms with E-state index in [1.54, 1.807) is 30.5 Å². The van der Waals surface area contributed by atoms with Crippen LogP contribution in [0, 0.1) is 0 Å². The smallest absolute Gasteiger partial charge is 0.305 e. The number of anilines is 2. The number of unbranched alkanes of at least 4 members (excludes halogenated alkanes) is 1. The summed E-state index contributed by atoms with van der Waals surface area (Å²) in [5, 5.41) is 5.66. The molecule has 0 saturated carbocycles. The Morgan fingerprint density at radius 1 is 1.19 bits per heavy atom. The number of fused-ring (bicyclic) bond motifs is 1. The molecule has 2 amide bonds. The predicted molar refractivity (Wildman–Crippen MR) is 103 cm³/mol. The Bertz CT molecular complexity index is 885. The highest BCUT2D eigenvalue weighted by Crippen LogP contribution is 2.35. The first-order chi connectivity index (χ1) is 13.1. The first kappa shape index (κ1) is 18.4. The standard InChI is InChI=1S/C20H21N3O4/c1-27-19(25)7-3-2-6-18(24)22-14-8-9-17-15(12-14)16(20(26)23-17)11-13-5-4-10-21-13/h4-5,8-12,21H,2-3,6-7H2,1H3,(H,22,24)(H,23,26)/b16-11-. The summed E-state index contributed by atoms with van der Waals surface area (Å²) in [6.07, 6.45) is 5.39. The number of carbonyl (C=O) groups is 3. The van der Waals surface area contributed by atoms with Gasteiger partial charge in [-0.25, -0.2) is 0 Å². The summed E-state index contributed by atoms with van der Waals surface area (Å²) in [6, 6.07) is 9.04. The third-order valence-electron chi connectivity index (χ3n) is 4.27. The first-order valence-corrected chi connectivity index (χ1v) is 8.74. The summed E-state index contributed by atoms with van der Waals surface area (Å²) in [5.41, 5.74) is 3.46. The molecule has 2 heterocycles. The molecule has 0 radical (unpaired) electrons. The number of esters is 1. The number of methoxy groups -OCH3 is 1. The van der Waals surface area contributed by atoms with Gasteiger partial charge >= 0.3 is 5.97 Å². The lowest BCUT2D eigenvalue weighted by atomic mass is 10.0. The van der Waals surface area contributed by atoms with Crippen LogP contribution in [0.3, 0.4) is 0 Å². The van der Waals surface area contributed by atoms with Gasteiger partial charge in [0.05, 0.1) is 12.7 Å². The van der Waals surface area contributed by atoms with Crippen LogP contribution in [0.1, 0.15) is 36.9 Å². The fourth-order valence-corrected chi connectivity index (χ4v) is 2.88. The van der Waals surface area contributed by atoms with Crippen molar-refractivity contribution in [1.82, 2.24) is 4.98 Å². The van der Waals surface area contributed by atoms with Crippen molar-refractivity contribution < 1.29 is 19.1 Å². The summed E-state index contributed by atoms with van der Waals surface area (Å²) >= 11 is 0. The summed E-state index contributed by atoms with van der Waals surface area (Å²) < 4.78 is 4.57. The molecular formula is C20H21N3O4. The maximum atomic E-state index is 12.2. The van der Waals surface area contributed by atoms with Gasteiger partial charge < -0.3 is 20.4 Å². The minimum absolute atomic E-state index is 0.132. The highest BCUT2D eigenvalue weighted by Gasteiger charge is 2.24. The average Bonchev–Trinajstić information content (AvgIpc) is 3.27. The average molecular weight is 367 g/mol. The Hall–Kier alpha value is -3.35. The molecule has 3 N–H and O–H groups in total. The van der Waals surface area contributed by atoms with E-state index in [4.69, 9.17) is 0 Å². The molecule has 1 aromatic carbocycles. The van der Waals surface area contributed by atoms with Crippen molar-refractivity contribution >= 4 is 40.8 Å². The van der Waals surface area contributed by atoms with Crippen molar-refractivity contribution in [3.63, 3.8) is 0 Å². The Morgan fingerprint density at radius 2 is 2.00 bits per heavy atom. The molecular weight excluding hydrogens is 346 g/mol. The maximum absolute atomic E-state index is 12.2. The number of nitrogens with one attached hydrogen (secondary N) is 3. The summed E-state index contributed by atoms with van der Waals surface area (Å²) in [7, 11) is 1.35. The van der Waals surface area contributed by atoms with E-state index >= 15 is 0 Å². The van der Waals surface area contributed by atoms with Crippen LogP contribution in [-0.4, -0.2) is 29.9 Å². The van der Waals surface area contributed by atoms with Gasteiger partial charge in [0.15, 0.2) is 0 Å². The highest BCUT2D eigenvalue weighted by atomic mass is 16.5. The second kappa shape index (κ2) is 8.35. The lowest BCUT2D eigenvalue weighted by Crippen LogP contribution is -2.11. The summed E-state index contributed by atoms with van der Waals surface area (Å²) in [4.78, 5) is 38.4. The van der Waals surface area contributed by atoms with Gasteiger partial charge in [-0.05, 0) is 49.2 Å². The minimum atomic E-state index is -0.271. The summed E-state index contributed by atoms with van der Waals surface area (Å²) in [6.45, 7) is 0. The van der Waals surface area contributed by atoms with E-state index in [9.17, 15) is 14.4 Å². The van der Waals surface area contributed by atoms with Crippen LogP contribution in [0.5, 0.6) is 0 Å². The Labute approximate surface area is 156 Å². The number of benzene rings is 1. The first-order valence-electron chi connectivity index (χ1n) is 8.74. The fraction of sp³-hybridized carbons (Fsp3) is 0.250. The van der Waals surface area contributed by atoms with Crippen LogP contribution in [-0.2, 0) is 19.1 Å². The van der Waals surface area contributed by atoms with Crippen LogP contribution in [0.4, 0.5) is 11.4 Å². The van der Waals surface area contributed by atoms with E-state index in [2.05, 4.69) is 20.4 Å². The lowest BCUT2D eigenvalue weighted by molar-refractivity contribution is -0.140. The molecule has 0 bridgehead atoms. The van der Waals surface area contributed by atoms with Crippen LogP contribution in [0.25, 0.3) is 11.6 Å². The molecule has 1 aromatic heterocycles. The zero-order chi connectivity index (χ0) is 19.2. The molecule has 0 atom stereocenters. The molecule has 27 heavy (non-hydrogen) atoms. The minimum Gasteiger partial charge on any atom is -0.469 e. The molecule has 0 spiro atoms. The second-order valence-electron chi connectivity index (χ2n) is 6.23. The van der Waals surface area contributed by atoms with E-state index in [0.717, 1.165) is 11.3 Å². The Morgan fingerprint density at radius 3 is 2.74 bits per heavy atom. The number of ether oxygens (including phenoxy) is 1. The molecule has 0 saturated heterocycles. The lowest BCUT2D eigenvalue weighted by Gasteiger charge is -2.07. The van der Waals surface area contributed by atoms with Crippen molar-refractivity contribution in [2.24, 2.45) is 0 Å². The SMILES string of the molecule is COC(=O)CCCCC(=O)Nc1ccc2c(c1)/C(=C/c1ccc[nH]1)C(=O)N2. The van der Waals surface area contributed by atoms with Crippen LogP contribution < -0.4 is 10.6 Å². The molecule has 7 nitrogen and oxygen atoms in total. The molecule has 2 aromatic rings. The van der Waals surface area contributed by atoms with Crippen molar-refractivity contribution in [3.05, 3.63) is 47.8 Å². The monoisotopic (exact) mass is 367 g/mol. The van der Waals surface area contributed by atoms with Crippen molar-refractivity contribution in [1.29, 1.82) is 0 Å². The Balaban J connectivity index is 1.64. The fourth-order valence-electron chi connectivity index (χ4n) is 2.88. The van der Waals surface area contributed by atoms with Gasteiger partial charge in [-0.15, -0.1) is 0 Å². The van der Waals surface area contributed by atoms with Gasteiger partial charge in [0.1, 0.15) is 0 Å². The number of aromatic amines is 1. The van der Waals surface area contributed by atoms with Crippen molar-refractivity contribution in [2.45, 2.75) is 25.7 Å². The molecule has 140 valence electrons. The summed E-state index contributed by atoms with van der Waals surface area (Å²) in [5.74, 6) is -0.578. The van der Waals surface area contributed by atoms with Gasteiger partial charge in [-0.2, -0.15) is 0 Å². The molecule has 1 aliphatic rings. The normalized spacial score (nSPS) is 14.0. The van der Waals surface area contributed by atoms with E-state index in [1.807, 2.05) is 12.1 Å².